The molecule has 3 aromatic carbocycles. The van der Waals surface area contributed by atoms with Crippen LogP contribution in [0.2, 0.25) is 0 Å². The number of azide groups is 2. The maximum absolute atomic E-state index is 14.4. The minimum absolute atomic E-state index is 0.0399. The zero-order valence-corrected chi connectivity index (χ0v) is 24.8. The van der Waals surface area contributed by atoms with Gasteiger partial charge in [-0.15, -0.1) is 0 Å². The Morgan fingerprint density at radius 3 is 2.30 bits per heavy atom. The highest BCUT2D eigenvalue weighted by Gasteiger charge is 2.54. The quantitative estimate of drug-likeness (QED) is 0.0900. The highest BCUT2D eigenvalue weighted by Crippen LogP contribution is 2.44. The van der Waals surface area contributed by atoms with Crippen molar-refractivity contribution in [3.05, 3.63) is 121 Å². The summed E-state index contributed by atoms with van der Waals surface area (Å²) >= 11 is 0. The number of nitrogens with one attached hydrogen (secondary N) is 1. The first-order valence-electron chi connectivity index (χ1n) is 14.5. The average molecular weight is 597 g/mol. The molecule has 1 aliphatic heterocycles. The van der Waals surface area contributed by atoms with Gasteiger partial charge in [0.2, 0.25) is 5.90 Å². The van der Waals surface area contributed by atoms with Gasteiger partial charge >= 0.3 is 0 Å². The van der Waals surface area contributed by atoms with E-state index in [4.69, 9.17) is 30.6 Å². The molecule has 2 N–H and O–H groups in total. The molecule has 0 aromatic heterocycles. The number of aliphatic hydroxyl groups excluding tert-OH is 1. The van der Waals surface area contributed by atoms with Crippen molar-refractivity contribution < 1.29 is 19.4 Å². The zero-order chi connectivity index (χ0) is 31.4. The predicted molar refractivity (Wildman–Crippen MR) is 167 cm³/mol. The van der Waals surface area contributed by atoms with E-state index in [1.807, 2.05) is 74.5 Å². The van der Waals surface area contributed by atoms with Crippen molar-refractivity contribution in [1.29, 1.82) is 0 Å². The third-order valence-corrected chi connectivity index (χ3v) is 7.23. The SMILES string of the molecule is CC(C)CNC(=O)[C@]1(Cc2ccccc2CN=[N+]=[N-])N=C(c2ccc(OCCCO)cc2)O[C@@H]1c1ccccc1CN=[N+]=[N-]. The zero-order valence-electron chi connectivity index (χ0n) is 24.8. The van der Waals surface area contributed by atoms with E-state index in [1.165, 1.54) is 0 Å². The fourth-order valence-electron chi connectivity index (χ4n) is 5.03. The molecule has 228 valence electrons. The van der Waals surface area contributed by atoms with Gasteiger partial charge in [-0.05, 0) is 63.5 Å². The summed E-state index contributed by atoms with van der Waals surface area (Å²) in [5.74, 6) is 0.785. The van der Waals surface area contributed by atoms with Gasteiger partial charge < -0.3 is 19.9 Å². The number of benzene rings is 3. The van der Waals surface area contributed by atoms with Gasteiger partial charge in [0.05, 0.1) is 19.7 Å². The predicted octanol–water partition coefficient (Wildman–Crippen LogP) is 6.34. The Morgan fingerprint density at radius 2 is 1.64 bits per heavy atom. The van der Waals surface area contributed by atoms with Crippen LogP contribution in [0.15, 0.2) is 88.0 Å². The second-order valence-corrected chi connectivity index (χ2v) is 10.8. The first-order valence-corrected chi connectivity index (χ1v) is 14.5. The summed E-state index contributed by atoms with van der Waals surface area (Å²) in [6.45, 7) is 5.06. The molecule has 0 unspecified atom stereocenters. The topological polar surface area (TPSA) is 178 Å². The molecule has 1 heterocycles. The number of amides is 1. The first kappa shape index (κ1) is 31.9. The molecule has 3 aromatic rings. The van der Waals surface area contributed by atoms with Crippen LogP contribution in [0, 0.1) is 5.92 Å². The monoisotopic (exact) mass is 596 g/mol. The van der Waals surface area contributed by atoms with Crippen LogP contribution in [-0.2, 0) is 29.0 Å². The number of ether oxygens (including phenoxy) is 2. The number of carbonyl (C=O) groups is 1. The molecule has 0 saturated carbocycles. The van der Waals surface area contributed by atoms with Crippen LogP contribution < -0.4 is 10.1 Å². The van der Waals surface area contributed by atoms with Crippen molar-refractivity contribution in [2.24, 2.45) is 21.1 Å². The van der Waals surface area contributed by atoms with Crippen molar-refractivity contribution in [3.63, 3.8) is 0 Å². The van der Waals surface area contributed by atoms with E-state index in [0.29, 0.717) is 42.0 Å². The second kappa shape index (κ2) is 15.5. The van der Waals surface area contributed by atoms with Crippen LogP contribution in [0.4, 0.5) is 0 Å². The van der Waals surface area contributed by atoms with Crippen molar-refractivity contribution in [2.45, 2.75) is 51.4 Å². The Labute approximate surface area is 256 Å². The van der Waals surface area contributed by atoms with Gasteiger partial charge in [-0.3, -0.25) is 4.79 Å². The van der Waals surface area contributed by atoms with Crippen LogP contribution in [0.3, 0.4) is 0 Å². The van der Waals surface area contributed by atoms with Crippen LogP contribution in [0.1, 0.15) is 54.2 Å². The van der Waals surface area contributed by atoms with Crippen molar-refractivity contribution >= 4 is 11.8 Å². The van der Waals surface area contributed by atoms with Gasteiger partial charge in [-0.2, -0.15) is 0 Å². The van der Waals surface area contributed by atoms with E-state index in [-0.39, 0.29) is 43.8 Å². The largest absolute Gasteiger partial charge is 0.494 e. The van der Waals surface area contributed by atoms with Crippen molar-refractivity contribution in [1.82, 2.24) is 5.32 Å². The third kappa shape index (κ3) is 7.67. The smallest absolute Gasteiger partial charge is 0.252 e. The van der Waals surface area contributed by atoms with E-state index in [2.05, 4.69) is 25.4 Å². The maximum Gasteiger partial charge on any atom is 0.252 e. The van der Waals surface area contributed by atoms with Gasteiger partial charge in [-0.1, -0.05) is 72.6 Å². The summed E-state index contributed by atoms with van der Waals surface area (Å²) in [7, 11) is 0. The number of carbonyl (C=O) groups excluding carboxylic acids is 1. The molecule has 0 fully saturated rings. The number of aliphatic imine (C=N–C) groups is 1. The van der Waals surface area contributed by atoms with E-state index < -0.39 is 11.6 Å². The minimum atomic E-state index is -1.46. The molecule has 44 heavy (non-hydrogen) atoms. The van der Waals surface area contributed by atoms with Gasteiger partial charge in [0.25, 0.3) is 5.91 Å². The Balaban J connectivity index is 1.87. The van der Waals surface area contributed by atoms with Crippen molar-refractivity contribution in [3.8, 4) is 5.75 Å². The lowest BCUT2D eigenvalue weighted by Gasteiger charge is -2.32. The summed E-state index contributed by atoms with van der Waals surface area (Å²) in [5, 5.41) is 19.7. The van der Waals surface area contributed by atoms with Crippen LogP contribution in [0.25, 0.3) is 20.9 Å². The molecule has 0 saturated heterocycles. The first-order chi connectivity index (χ1) is 21.4. The molecule has 12 heteroatoms. The lowest BCUT2D eigenvalue weighted by molar-refractivity contribution is -0.129. The molecule has 0 bridgehead atoms. The summed E-state index contributed by atoms with van der Waals surface area (Å²) in [5.41, 5.74) is 20.2. The summed E-state index contributed by atoms with van der Waals surface area (Å²) in [4.78, 5) is 25.3. The Kier molecular flexibility index (Phi) is 11.2. The van der Waals surface area contributed by atoms with E-state index in [1.54, 1.807) is 12.1 Å². The normalized spacial score (nSPS) is 17.2. The summed E-state index contributed by atoms with van der Waals surface area (Å²) < 4.78 is 12.3. The van der Waals surface area contributed by atoms with Gasteiger partial charge in [0.1, 0.15) is 5.75 Å². The molecular formula is C32H36N8O4. The number of rotatable bonds is 15. The molecule has 12 nitrogen and oxygen atoms in total. The second-order valence-electron chi connectivity index (χ2n) is 10.8. The minimum Gasteiger partial charge on any atom is -0.494 e. The average Bonchev–Trinajstić information content (AvgIpc) is 3.43. The van der Waals surface area contributed by atoms with Gasteiger partial charge in [-0.25, -0.2) is 4.99 Å². The van der Waals surface area contributed by atoms with Crippen molar-refractivity contribution in [2.75, 3.05) is 19.8 Å². The Hall–Kier alpha value is -5.02. The number of hydrogen-bond acceptors (Lipinski definition) is 7. The number of aliphatic hydroxyl groups is 1. The van der Waals surface area contributed by atoms with Crippen LogP contribution in [-0.4, -0.2) is 42.2 Å². The fraction of sp³-hybridized carbons (Fsp3) is 0.375. The lowest BCUT2D eigenvalue weighted by atomic mass is 9.79. The molecule has 2 atom stereocenters. The maximum atomic E-state index is 14.4. The molecule has 0 aliphatic carbocycles. The lowest BCUT2D eigenvalue weighted by Crippen LogP contribution is -2.51. The standard InChI is InChI=1S/C32H36N8O4/c1-22(2)19-35-31(42)32(18-24-8-3-4-9-25(24)20-36-39-33)29(28-11-6-5-10-26(28)21-37-40-34)44-30(38-32)23-12-14-27(15-13-23)43-17-7-16-41/h3-6,8-15,22,29,41H,7,16-21H2,1-2H3,(H,35,42)/t29-,32-/m1/s1. The number of nitrogens with zero attached hydrogens (tertiary/aromatic N) is 7. The van der Waals surface area contributed by atoms with Gasteiger partial charge in [0, 0.05) is 41.4 Å². The van der Waals surface area contributed by atoms with E-state index in [9.17, 15) is 4.79 Å². The summed E-state index contributed by atoms with van der Waals surface area (Å²) in [6.07, 6.45) is -0.202. The highest BCUT2D eigenvalue weighted by atomic mass is 16.5. The molecule has 0 radical (unpaired) electrons. The van der Waals surface area contributed by atoms with Crippen LogP contribution >= 0.6 is 0 Å². The van der Waals surface area contributed by atoms with E-state index >= 15 is 0 Å². The van der Waals surface area contributed by atoms with E-state index in [0.717, 1.165) is 11.1 Å². The molecule has 4 rings (SSSR count). The molecule has 0 spiro atoms. The number of hydrogen-bond donors (Lipinski definition) is 2. The van der Waals surface area contributed by atoms with Gasteiger partial charge in [0.15, 0.2) is 11.6 Å². The Morgan fingerprint density at radius 1 is 1.00 bits per heavy atom. The van der Waals surface area contributed by atoms with Crippen LogP contribution in [0.5, 0.6) is 5.75 Å². The summed E-state index contributed by atoms with van der Waals surface area (Å²) in [6, 6.07) is 22.1. The molecular weight excluding hydrogens is 560 g/mol. The molecule has 1 amide bonds. The Bertz CT molecular complexity index is 1560. The molecule has 1 aliphatic rings. The third-order valence-electron chi connectivity index (χ3n) is 7.23. The fourth-order valence-corrected chi connectivity index (χ4v) is 5.03. The highest BCUT2D eigenvalue weighted by molar-refractivity contribution is 6.01.